The quantitative estimate of drug-likeness (QED) is 0.0817. The summed E-state index contributed by atoms with van der Waals surface area (Å²) in [6.45, 7) is 0.888. The summed E-state index contributed by atoms with van der Waals surface area (Å²) < 4.78 is 74.6. The van der Waals surface area contributed by atoms with Crippen LogP contribution in [0.3, 0.4) is 0 Å². The summed E-state index contributed by atoms with van der Waals surface area (Å²) in [7, 11) is -4.01. The summed E-state index contributed by atoms with van der Waals surface area (Å²) in [6.07, 6.45) is -3.69. The molecule has 2 N–H and O–H groups in total. The molecule has 1 aromatic heterocycles. The predicted molar refractivity (Wildman–Crippen MR) is 144 cm³/mol. The van der Waals surface area contributed by atoms with Crippen LogP contribution < -0.4 is 5.14 Å². The van der Waals surface area contributed by atoms with E-state index in [1.807, 2.05) is 0 Å². The van der Waals surface area contributed by atoms with E-state index in [-0.39, 0.29) is 34.3 Å². The molecule has 1 saturated heterocycles. The Morgan fingerprint density at radius 3 is 2.43 bits per heavy atom. The Balaban J connectivity index is 1.42. The highest BCUT2D eigenvalue weighted by Gasteiger charge is 2.35. The summed E-state index contributed by atoms with van der Waals surface area (Å²) in [5, 5.41) is 25.6. The zero-order valence-electron chi connectivity index (χ0n) is 23.1. The van der Waals surface area contributed by atoms with E-state index in [2.05, 4.69) is 20.0 Å². The second kappa shape index (κ2) is 13.3. The van der Waals surface area contributed by atoms with E-state index < -0.39 is 46.7 Å². The van der Waals surface area contributed by atoms with Gasteiger partial charge in [0.2, 0.25) is 15.3 Å². The highest BCUT2D eigenvalue weighted by molar-refractivity contribution is 7.89. The number of sulfonamides is 1. The molecule has 0 bridgehead atoms. The topological polar surface area (TPSA) is 181 Å². The van der Waals surface area contributed by atoms with Crippen LogP contribution in [0.2, 0.25) is 0 Å². The number of esters is 2. The van der Waals surface area contributed by atoms with Gasteiger partial charge in [-0.2, -0.15) is 18.3 Å². The van der Waals surface area contributed by atoms with E-state index >= 15 is 0 Å². The van der Waals surface area contributed by atoms with Crippen LogP contribution in [0, 0.1) is 5.21 Å². The molecule has 2 heterocycles. The molecule has 0 radical (unpaired) electrons. The summed E-state index contributed by atoms with van der Waals surface area (Å²) in [6, 6.07) is 11.4. The molecule has 2 aromatic carbocycles. The summed E-state index contributed by atoms with van der Waals surface area (Å²) >= 11 is 0. The number of nitrogens with two attached hydrogens (primary N) is 1. The second-order valence-electron chi connectivity index (χ2n) is 9.60. The van der Waals surface area contributed by atoms with Crippen LogP contribution in [0.1, 0.15) is 31.0 Å². The molecule has 3 aromatic rings. The van der Waals surface area contributed by atoms with E-state index in [1.54, 1.807) is 12.1 Å². The zero-order valence-corrected chi connectivity index (χ0v) is 24.0. The molecule has 1 unspecified atom stereocenters. The van der Waals surface area contributed by atoms with E-state index in [0.29, 0.717) is 30.5 Å². The number of primary sulfonamides is 1. The van der Waals surface area contributed by atoms with Gasteiger partial charge in [-0.25, -0.2) is 18.2 Å². The normalized spacial score (nSPS) is 15.7. The van der Waals surface area contributed by atoms with Gasteiger partial charge in [0.25, 0.3) is 6.79 Å². The molecule has 18 heteroatoms. The monoisotopic (exact) mass is 640 g/mol. The number of hydrazine groups is 1. The van der Waals surface area contributed by atoms with Gasteiger partial charge in [0.1, 0.15) is 12.6 Å². The fraction of sp³-hybridized carbons (Fsp3) is 0.346. The molecule has 0 spiro atoms. The number of hydrogen-bond donors (Lipinski definition) is 1. The number of hydrogen-bond acceptors (Lipinski definition) is 10. The maximum absolute atomic E-state index is 13.5. The molecule has 0 amide bonds. The minimum atomic E-state index is -4.74. The fourth-order valence-electron chi connectivity index (χ4n) is 4.34. The molecule has 236 valence electrons. The smallest absolute Gasteiger partial charge is 0.435 e. The van der Waals surface area contributed by atoms with Crippen LogP contribution in [0.5, 0.6) is 0 Å². The van der Waals surface area contributed by atoms with Gasteiger partial charge in [-0.05, 0) is 48.7 Å². The minimum Gasteiger partial charge on any atom is -0.569 e. The Bertz CT molecular complexity index is 1630. The molecule has 0 saturated carbocycles. The van der Waals surface area contributed by atoms with Crippen LogP contribution in [0.15, 0.2) is 64.8 Å². The van der Waals surface area contributed by atoms with Gasteiger partial charge in [0.05, 0.1) is 34.2 Å². The SMILES string of the molecule is CC(=O)OCO/N=[N+](\[O-])N1CCCC1COC(=O)Cc1ccc(-c2cc(C(F)(F)F)nn2-c2ccc(S(N)(=O)=O)cc2)cc1. The first-order valence-corrected chi connectivity index (χ1v) is 14.5. The maximum atomic E-state index is 13.5. The number of nitrogens with zero attached hydrogens (tertiary/aromatic N) is 5. The summed E-state index contributed by atoms with van der Waals surface area (Å²) in [5.74, 6) is -1.19. The lowest BCUT2D eigenvalue weighted by Crippen LogP contribution is -2.39. The third-order valence-corrected chi connectivity index (χ3v) is 7.38. The molecule has 14 nitrogen and oxygen atoms in total. The van der Waals surface area contributed by atoms with Gasteiger partial charge in [0.15, 0.2) is 5.69 Å². The average molecular weight is 641 g/mol. The number of carbonyl (C=O) groups excluding carboxylic acids is 2. The molecule has 0 aliphatic carbocycles. The molecule has 1 aliphatic rings. The molecular weight excluding hydrogens is 613 g/mol. The van der Waals surface area contributed by atoms with Crippen molar-refractivity contribution in [3.63, 3.8) is 0 Å². The molecular formula is C26H27F3N6O8S. The van der Waals surface area contributed by atoms with Crippen LogP contribution in [0.4, 0.5) is 13.2 Å². The average Bonchev–Trinajstić information content (AvgIpc) is 3.62. The van der Waals surface area contributed by atoms with Crippen LogP contribution in [-0.2, 0) is 46.5 Å². The van der Waals surface area contributed by atoms with Crippen molar-refractivity contribution in [3.05, 3.63) is 71.1 Å². The number of benzene rings is 2. The number of ether oxygens (including phenoxy) is 2. The second-order valence-corrected chi connectivity index (χ2v) is 11.2. The van der Waals surface area contributed by atoms with Crippen molar-refractivity contribution >= 4 is 22.0 Å². The van der Waals surface area contributed by atoms with E-state index in [0.717, 1.165) is 22.9 Å². The molecule has 1 fully saturated rings. The van der Waals surface area contributed by atoms with Crippen molar-refractivity contribution in [2.45, 2.75) is 43.3 Å². The molecule has 1 aliphatic heterocycles. The number of alkyl halides is 3. The van der Waals surface area contributed by atoms with Gasteiger partial charge in [-0.3, -0.25) is 9.59 Å². The van der Waals surface area contributed by atoms with Gasteiger partial charge < -0.3 is 19.5 Å². The highest BCUT2D eigenvalue weighted by atomic mass is 32.2. The van der Waals surface area contributed by atoms with Gasteiger partial charge >= 0.3 is 18.1 Å². The summed E-state index contributed by atoms with van der Waals surface area (Å²) in [4.78, 5) is 27.9. The lowest BCUT2D eigenvalue weighted by atomic mass is 10.1. The van der Waals surface area contributed by atoms with Crippen molar-refractivity contribution in [2.24, 2.45) is 10.4 Å². The van der Waals surface area contributed by atoms with Crippen LogP contribution in [0.25, 0.3) is 16.9 Å². The first-order chi connectivity index (χ1) is 20.7. The lowest BCUT2D eigenvalue weighted by Gasteiger charge is -2.19. The Labute approximate surface area is 249 Å². The van der Waals surface area contributed by atoms with Gasteiger partial charge in [-0.15, -0.1) is 5.01 Å². The Kier molecular flexibility index (Phi) is 9.73. The first kappa shape index (κ1) is 32.2. The van der Waals surface area contributed by atoms with E-state index in [9.17, 15) is 36.4 Å². The van der Waals surface area contributed by atoms with Crippen molar-refractivity contribution in [1.82, 2.24) is 14.8 Å². The largest absolute Gasteiger partial charge is 0.569 e. The minimum absolute atomic E-state index is 0.0700. The first-order valence-electron chi connectivity index (χ1n) is 13.0. The van der Waals surface area contributed by atoms with E-state index in [4.69, 9.17) is 9.88 Å². The fourth-order valence-corrected chi connectivity index (χ4v) is 4.86. The number of rotatable bonds is 11. The van der Waals surface area contributed by atoms with E-state index in [1.165, 1.54) is 36.2 Å². The van der Waals surface area contributed by atoms with Crippen molar-refractivity contribution < 1.29 is 50.5 Å². The highest BCUT2D eigenvalue weighted by Crippen LogP contribution is 2.33. The van der Waals surface area contributed by atoms with Crippen LogP contribution >= 0.6 is 0 Å². The molecule has 1 atom stereocenters. The lowest BCUT2D eigenvalue weighted by molar-refractivity contribution is -0.715. The zero-order chi connectivity index (χ0) is 32.1. The third kappa shape index (κ3) is 8.22. The standard InChI is InChI=1S/C26H27F3N6O8S/c1-17(36)42-16-43-32-35(38)33-12-2-3-21(33)15-41-25(37)13-18-4-6-19(7-5-18)23-14-24(26(27,28)29)31-34(23)20-8-10-22(11-9-20)44(30,39)40/h4-11,14,21H,2-3,12-13,15-16H2,1H3,(H2,30,39,40)/b35-32-. The van der Waals surface area contributed by atoms with Gasteiger partial charge in [-0.1, -0.05) is 24.3 Å². The van der Waals surface area contributed by atoms with Crippen molar-refractivity contribution in [2.75, 3.05) is 19.9 Å². The number of halogens is 3. The maximum Gasteiger partial charge on any atom is 0.435 e. The van der Waals surface area contributed by atoms with Crippen molar-refractivity contribution in [3.8, 4) is 16.9 Å². The Morgan fingerprint density at radius 1 is 1.14 bits per heavy atom. The summed E-state index contributed by atoms with van der Waals surface area (Å²) in [5.41, 5.74) is -0.0621. The molecule has 44 heavy (non-hydrogen) atoms. The molecule has 4 rings (SSSR count). The number of carbonyl (C=O) groups is 2. The predicted octanol–water partition coefficient (Wildman–Crippen LogP) is 3.09. The Morgan fingerprint density at radius 2 is 1.82 bits per heavy atom. The number of aromatic nitrogens is 2. The van der Waals surface area contributed by atoms with Crippen molar-refractivity contribution in [1.29, 1.82) is 0 Å². The third-order valence-electron chi connectivity index (χ3n) is 6.45. The van der Waals surface area contributed by atoms with Crippen LogP contribution in [-0.4, -0.2) is 66.1 Å². The van der Waals surface area contributed by atoms with Gasteiger partial charge in [0, 0.05) is 12.5 Å². The Hall–Kier alpha value is -4.71.